The Bertz CT molecular complexity index is 927. The number of aromatic nitrogens is 1. The molecule has 1 amide bonds. The number of amides is 1. The SMILES string of the molecule is Cc1oc(CN(C)C(=O)CCCCc2nc3ccccc3s2)cc1C(=O)O. The van der Waals surface area contributed by atoms with Crippen molar-refractivity contribution in [2.75, 3.05) is 7.05 Å². The number of carboxylic acids is 1. The Morgan fingerprint density at radius 3 is 2.74 bits per heavy atom. The van der Waals surface area contributed by atoms with Crippen LogP contribution in [0.25, 0.3) is 10.2 Å². The van der Waals surface area contributed by atoms with Crippen molar-refractivity contribution in [2.24, 2.45) is 0 Å². The number of furan rings is 1. The lowest BCUT2D eigenvalue weighted by Crippen LogP contribution is -2.25. The molecule has 0 aliphatic carbocycles. The number of aromatic carboxylic acids is 1. The summed E-state index contributed by atoms with van der Waals surface area (Å²) in [6, 6.07) is 9.56. The Balaban J connectivity index is 1.44. The molecule has 0 atom stereocenters. The summed E-state index contributed by atoms with van der Waals surface area (Å²) in [5.41, 5.74) is 1.17. The molecule has 7 heteroatoms. The van der Waals surface area contributed by atoms with E-state index in [0.717, 1.165) is 29.8 Å². The summed E-state index contributed by atoms with van der Waals surface area (Å²) in [5, 5.41) is 10.2. The van der Waals surface area contributed by atoms with Gasteiger partial charge in [-0.2, -0.15) is 0 Å². The van der Waals surface area contributed by atoms with Gasteiger partial charge in [0, 0.05) is 13.5 Å². The largest absolute Gasteiger partial charge is 0.478 e. The Hall–Kier alpha value is -2.67. The number of hydrogen-bond donors (Lipinski definition) is 1. The molecule has 6 nitrogen and oxygen atoms in total. The van der Waals surface area contributed by atoms with Gasteiger partial charge in [0.1, 0.15) is 17.1 Å². The number of hydrogen-bond acceptors (Lipinski definition) is 5. The van der Waals surface area contributed by atoms with Gasteiger partial charge >= 0.3 is 5.97 Å². The lowest BCUT2D eigenvalue weighted by molar-refractivity contribution is -0.130. The van der Waals surface area contributed by atoms with Gasteiger partial charge in [0.25, 0.3) is 0 Å². The molecule has 0 aliphatic heterocycles. The second kappa shape index (κ2) is 8.35. The molecule has 0 saturated carbocycles. The number of nitrogens with zero attached hydrogens (tertiary/aromatic N) is 2. The van der Waals surface area contributed by atoms with E-state index >= 15 is 0 Å². The summed E-state index contributed by atoms with van der Waals surface area (Å²) >= 11 is 1.70. The van der Waals surface area contributed by atoms with Crippen LogP contribution in [0.3, 0.4) is 0 Å². The number of benzene rings is 1. The van der Waals surface area contributed by atoms with E-state index < -0.39 is 5.97 Å². The van der Waals surface area contributed by atoms with Crippen molar-refractivity contribution >= 4 is 33.4 Å². The van der Waals surface area contributed by atoms with Crippen LogP contribution < -0.4 is 0 Å². The van der Waals surface area contributed by atoms with Gasteiger partial charge in [-0.25, -0.2) is 9.78 Å². The molecule has 0 radical (unpaired) electrons. The Morgan fingerprint density at radius 2 is 2.04 bits per heavy atom. The van der Waals surface area contributed by atoms with Gasteiger partial charge in [-0.05, 0) is 44.4 Å². The van der Waals surface area contributed by atoms with E-state index in [2.05, 4.69) is 11.1 Å². The predicted molar refractivity (Wildman–Crippen MR) is 104 cm³/mol. The zero-order chi connectivity index (χ0) is 19.4. The molecule has 0 spiro atoms. The van der Waals surface area contributed by atoms with Crippen LogP contribution in [0.2, 0.25) is 0 Å². The molecule has 142 valence electrons. The Morgan fingerprint density at radius 1 is 1.26 bits per heavy atom. The average Bonchev–Trinajstić information content (AvgIpc) is 3.21. The molecule has 2 heterocycles. The summed E-state index contributed by atoms with van der Waals surface area (Å²) in [6.45, 7) is 1.88. The third-order valence-electron chi connectivity index (χ3n) is 4.39. The minimum atomic E-state index is -1.02. The molecule has 3 aromatic rings. The minimum Gasteiger partial charge on any atom is -0.478 e. The molecule has 0 fully saturated rings. The highest BCUT2D eigenvalue weighted by Crippen LogP contribution is 2.23. The molecular weight excluding hydrogens is 364 g/mol. The third kappa shape index (κ3) is 4.74. The number of carbonyl (C=O) groups excluding carboxylic acids is 1. The molecule has 2 aromatic heterocycles. The van der Waals surface area contributed by atoms with Crippen molar-refractivity contribution in [3.8, 4) is 0 Å². The predicted octanol–water partition coefficient (Wildman–Crippen LogP) is 4.27. The Labute approximate surface area is 161 Å². The first-order valence-corrected chi connectivity index (χ1v) is 9.66. The number of para-hydroxylation sites is 1. The molecule has 1 aromatic carbocycles. The summed E-state index contributed by atoms with van der Waals surface area (Å²) < 4.78 is 6.62. The second-order valence-corrected chi connectivity index (χ2v) is 7.64. The van der Waals surface area contributed by atoms with Crippen LogP contribution in [-0.2, 0) is 17.8 Å². The van der Waals surface area contributed by atoms with Crippen molar-refractivity contribution in [1.29, 1.82) is 0 Å². The highest BCUT2D eigenvalue weighted by atomic mass is 32.1. The molecule has 27 heavy (non-hydrogen) atoms. The van der Waals surface area contributed by atoms with E-state index in [9.17, 15) is 9.59 Å². The maximum Gasteiger partial charge on any atom is 0.339 e. The Kier molecular flexibility index (Phi) is 5.91. The maximum atomic E-state index is 12.3. The lowest BCUT2D eigenvalue weighted by atomic mass is 10.2. The minimum absolute atomic E-state index is 0.0187. The first-order chi connectivity index (χ1) is 12.9. The van der Waals surface area contributed by atoms with E-state index in [0.29, 0.717) is 17.9 Å². The fourth-order valence-electron chi connectivity index (χ4n) is 2.93. The van der Waals surface area contributed by atoms with Crippen molar-refractivity contribution in [2.45, 2.75) is 39.2 Å². The number of aryl methyl sites for hydroxylation is 2. The van der Waals surface area contributed by atoms with Crippen molar-refractivity contribution in [3.05, 3.63) is 52.4 Å². The highest BCUT2D eigenvalue weighted by Gasteiger charge is 2.16. The van der Waals surface area contributed by atoms with E-state index in [1.165, 1.54) is 10.8 Å². The summed E-state index contributed by atoms with van der Waals surface area (Å²) in [7, 11) is 1.70. The number of unbranched alkanes of at least 4 members (excludes halogenated alkanes) is 1. The molecule has 1 N–H and O–H groups in total. The van der Waals surface area contributed by atoms with E-state index in [-0.39, 0.29) is 18.0 Å². The number of thiazole rings is 1. The van der Waals surface area contributed by atoms with Gasteiger partial charge in [0.05, 0.1) is 21.8 Å². The number of rotatable bonds is 8. The molecule has 0 bridgehead atoms. The number of carbonyl (C=O) groups is 2. The van der Waals surface area contributed by atoms with Crippen LogP contribution in [0.5, 0.6) is 0 Å². The maximum absolute atomic E-state index is 12.3. The van der Waals surface area contributed by atoms with Crippen LogP contribution in [0.1, 0.15) is 46.1 Å². The lowest BCUT2D eigenvalue weighted by Gasteiger charge is -2.15. The highest BCUT2D eigenvalue weighted by molar-refractivity contribution is 7.18. The standard InChI is InChI=1S/C20H22N2O4S/c1-13-15(20(24)25)11-14(26-13)12-22(2)19(23)10-6-5-9-18-21-16-7-3-4-8-17(16)27-18/h3-4,7-8,11H,5-6,9-10,12H2,1-2H3,(H,24,25). The quantitative estimate of drug-likeness (QED) is 0.585. The third-order valence-corrected chi connectivity index (χ3v) is 5.48. The molecule has 3 rings (SSSR count). The summed E-state index contributed by atoms with van der Waals surface area (Å²) in [5.74, 6) is -0.166. The normalized spacial score (nSPS) is 11.0. The van der Waals surface area contributed by atoms with Crippen LogP contribution in [0.4, 0.5) is 0 Å². The van der Waals surface area contributed by atoms with Gasteiger partial charge in [0.15, 0.2) is 0 Å². The second-order valence-electron chi connectivity index (χ2n) is 6.52. The monoisotopic (exact) mass is 386 g/mol. The average molecular weight is 386 g/mol. The first-order valence-electron chi connectivity index (χ1n) is 8.85. The van der Waals surface area contributed by atoms with Crippen LogP contribution in [-0.4, -0.2) is 33.9 Å². The zero-order valence-corrected chi connectivity index (χ0v) is 16.2. The summed E-state index contributed by atoms with van der Waals surface area (Å²) in [4.78, 5) is 29.5. The van der Waals surface area contributed by atoms with Crippen LogP contribution in [0.15, 0.2) is 34.7 Å². The number of carboxylic acid groups (broad SMARTS) is 1. The van der Waals surface area contributed by atoms with E-state index in [4.69, 9.17) is 9.52 Å². The van der Waals surface area contributed by atoms with Gasteiger partial charge in [-0.3, -0.25) is 4.79 Å². The fourth-order valence-corrected chi connectivity index (χ4v) is 3.94. The zero-order valence-electron chi connectivity index (χ0n) is 15.4. The van der Waals surface area contributed by atoms with Crippen LogP contribution >= 0.6 is 11.3 Å². The molecule has 0 unspecified atom stereocenters. The van der Waals surface area contributed by atoms with Gasteiger partial charge in [-0.15, -0.1) is 11.3 Å². The van der Waals surface area contributed by atoms with Crippen molar-refractivity contribution in [1.82, 2.24) is 9.88 Å². The summed E-state index contributed by atoms with van der Waals surface area (Å²) in [6.07, 6.45) is 3.02. The van der Waals surface area contributed by atoms with E-state index in [1.54, 1.807) is 30.2 Å². The topological polar surface area (TPSA) is 83.6 Å². The van der Waals surface area contributed by atoms with E-state index in [1.807, 2.05) is 18.2 Å². The molecular formula is C20H22N2O4S. The number of fused-ring (bicyclic) bond motifs is 1. The van der Waals surface area contributed by atoms with Crippen molar-refractivity contribution in [3.63, 3.8) is 0 Å². The van der Waals surface area contributed by atoms with Crippen LogP contribution in [0, 0.1) is 6.92 Å². The molecule has 0 saturated heterocycles. The van der Waals surface area contributed by atoms with Gasteiger partial charge < -0.3 is 14.4 Å². The first kappa shape index (κ1) is 19.1. The smallest absolute Gasteiger partial charge is 0.339 e. The fraction of sp³-hybridized carbons (Fsp3) is 0.350. The van der Waals surface area contributed by atoms with Crippen molar-refractivity contribution < 1.29 is 19.1 Å². The molecule has 0 aliphatic rings. The van der Waals surface area contributed by atoms with Gasteiger partial charge in [-0.1, -0.05) is 12.1 Å². The van der Waals surface area contributed by atoms with Gasteiger partial charge in [0.2, 0.25) is 5.91 Å².